The summed E-state index contributed by atoms with van der Waals surface area (Å²) in [7, 11) is 4.36. The van der Waals surface area contributed by atoms with Crippen molar-refractivity contribution >= 4 is 0 Å². The van der Waals surface area contributed by atoms with E-state index in [2.05, 4.69) is 52.0 Å². The van der Waals surface area contributed by atoms with Gasteiger partial charge in [-0.1, -0.05) is 34.1 Å². The fourth-order valence-electron chi connectivity index (χ4n) is 3.38. The molecule has 1 aliphatic carbocycles. The molecule has 0 radical (unpaired) electrons. The molecule has 1 rings (SSSR count). The summed E-state index contributed by atoms with van der Waals surface area (Å²) < 4.78 is 0. The van der Waals surface area contributed by atoms with Crippen LogP contribution in [0.1, 0.15) is 59.8 Å². The van der Waals surface area contributed by atoms with Crippen molar-refractivity contribution in [2.45, 2.75) is 71.9 Å². The van der Waals surface area contributed by atoms with Gasteiger partial charge < -0.3 is 10.2 Å². The van der Waals surface area contributed by atoms with E-state index in [1.165, 1.54) is 32.1 Å². The number of hydrogen-bond acceptors (Lipinski definition) is 2. The van der Waals surface area contributed by atoms with Crippen molar-refractivity contribution in [3.63, 3.8) is 0 Å². The van der Waals surface area contributed by atoms with E-state index in [-0.39, 0.29) is 0 Å². The van der Waals surface area contributed by atoms with Crippen LogP contribution in [0.2, 0.25) is 0 Å². The summed E-state index contributed by atoms with van der Waals surface area (Å²) in [5, 5.41) is 3.93. The lowest BCUT2D eigenvalue weighted by Crippen LogP contribution is -2.47. The zero-order chi connectivity index (χ0) is 13.8. The topological polar surface area (TPSA) is 15.3 Å². The number of nitrogens with zero attached hydrogens (tertiary/aromatic N) is 1. The molecule has 108 valence electrons. The minimum absolute atomic E-state index is 0.538. The van der Waals surface area contributed by atoms with Crippen LogP contribution in [0.15, 0.2) is 0 Å². The van der Waals surface area contributed by atoms with Gasteiger partial charge >= 0.3 is 0 Å². The number of hydrogen-bond donors (Lipinski definition) is 1. The predicted molar refractivity (Wildman–Crippen MR) is 81.0 cm³/mol. The van der Waals surface area contributed by atoms with Crippen LogP contribution in [0.25, 0.3) is 0 Å². The minimum atomic E-state index is 0.538. The standard InChI is InChI=1S/C16H34N2/c1-13(2)10-15(12-18(5)6)17-14-8-7-9-16(3,4)11-14/h13-15,17H,7-12H2,1-6H3. The van der Waals surface area contributed by atoms with Crippen molar-refractivity contribution in [1.82, 2.24) is 10.2 Å². The molecule has 0 saturated heterocycles. The molecule has 0 heterocycles. The Bertz CT molecular complexity index is 223. The molecule has 0 aromatic heterocycles. The van der Waals surface area contributed by atoms with Gasteiger partial charge in [-0.2, -0.15) is 0 Å². The summed E-state index contributed by atoms with van der Waals surface area (Å²) in [4.78, 5) is 2.31. The van der Waals surface area contributed by atoms with Crippen LogP contribution in [0.4, 0.5) is 0 Å². The van der Waals surface area contributed by atoms with Gasteiger partial charge in [0.2, 0.25) is 0 Å². The third-order valence-corrected chi connectivity index (χ3v) is 4.02. The molecule has 2 nitrogen and oxygen atoms in total. The highest BCUT2D eigenvalue weighted by molar-refractivity contribution is 4.86. The summed E-state index contributed by atoms with van der Waals surface area (Å²) in [5.41, 5.74) is 0.538. The average Bonchev–Trinajstić information content (AvgIpc) is 2.12. The molecule has 1 fully saturated rings. The van der Waals surface area contributed by atoms with Crippen molar-refractivity contribution in [3.05, 3.63) is 0 Å². The summed E-state index contributed by atoms with van der Waals surface area (Å²) in [6.07, 6.45) is 6.78. The van der Waals surface area contributed by atoms with Crippen LogP contribution in [-0.4, -0.2) is 37.6 Å². The molecule has 2 heteroatoms. The number of nitrogens with one attached hydrogen (secondary N) is 1. The van der Waals surface area contributed by atoms with Crippen LogP contribution in [0, 0.1) is 11.3 Å². The molecular weight excluding hydrogens is 220 g/mol. The first-order chi connectivity index (χ1) is 8.28. The molecule has 0 bridgehead atoms. The summed E-state index contributed by atoms with van der Waals surface area (Å²) >= 11 is 0. The molecule has 0 aromatic carbocycles. The highest BCUT2D eigenvalue weighted by atomic mass is 15.1. The van der Waals surface area contributed by atoms with Crippen LogP contribution in [0.5, 0.6) is 0 Å². The lowest BCUT2D eigenvalue weighted by molar-refractivity contribution is 0.176. The molecular formula is C16H34N2. The van der Waals surface area contributed by atoms with Gasteiger partial charge in [0.25, 0.3) is 0 Å². The lowest BCUT2D eigenvalue weighted by Gasteiger charge is -2.38. The molecule has 0 aliphatic heterocycles. The lowest BCUT2D eigenvalue weighted by atomic mass is 9.75. The SMILES string of the molecule is CC(C)CC(CN(C)C)NC1CCCC(C)(C)C1. The maximum atomic E-state index is 3.93. The largest absolute Gasteiger partial charge is 0.310 e. The zero-order valence-corrected chi connectivity index (χ0v) is 13.4. The van der Waals surface area contributed by atoms with E-state index in [0.29, 0.717) is 11.5 Å². The van der Waals surface area contributed by atoms with E-state index in [1.807, 2.05) is 0 Å². The summed E-state index contributed by atoms with van der Waals surface area (Å²) in [5.74, 6) is 0.777. The predicted octanol–water partition coefficient (Wildman–Crippen LogP) is 3.52. The van der Waals surface area contributed by atoms with Crippen LogP contribution < -0.4 is 5.32 Å². The van der Waals surface area contributed by atoms with Gasteiger partial charge in [0.05, 0.1) is 0 Å². The molecule has 0 aromatic rings. The monoisotopic (exact) mass is 254 g/mol. The van der Waals surface area contributed by atoms with E-state index in [1.54, 1.807) is 0 Å². The van der Waals surface area contributed by atoms with Crippen molar-refractivity contribution < 1.29 is 0 Å². The van der Waals surface area contributed by atoms with E-state index in [4.69, 9.17) is 0 Å². The molecule has 0 spiro atoms. The van der Waals surface area contributed by atoms with Crippen molar-refractivity contribution in [2.24, 2.45) is 11.3 Å². The van der Waals surface area contributed by atoms with Gasteiger partial charge in [-0.3, -0.25) is 0 Å². The Labute approximate surface area is 115 Å². The fourth-order valence-corrected chi connectivity index (χ4v) is 3.38. The van der Waals surface area contributed by atoms with Crippen LogP contribution >= 0.6 is 0 Å². The Morgan fingerprint density at radius 1 is 1.28 bits per heavy atom. The first kappa shape index (κ1) is 16.0. The van der Waals surface area contributed by atoms with E-state index in [9.17, 15) is 0 Å². The Morgan fingerprint density at radius 3 is 2.44 bits per heavy atom. The minimum Gasteiger partial charge on any atom is -0.310 e. The highest BCUT2D eigenvalue weighted by Gasteiger charge is 2.29. The van der Waals surface area contributed by atoms with E-state index in [0.717, 1.165) is 18.5 Å². The Kier molecular flexibility index (Phi) is 6.13. The maximum absolute atomic E-state index is 3.93. The van der Waals surface area contributed by atoms with Gasteiger partial charge in [0.15, 0.2) is 0 Å². The third kappa shape index (κ3) is 6.19. The molecule has 2 unspecified atom stereocenters. The Morgan fingerprint density at radius 2 is 1.94 bits per heavy atom. The first-order valence-electron chi connectivity index (χ1n) is 7.69. The molecule has 1 N–H and O–H groups in total. The second-order valence-electron chi connectivity index (χ2n) is 7.71. The van der Waals surface area contributed by atoms with Crippen molar-refractivity contribution in [3.8, 4) is 0 Å². The Hall–Kier alpha value is -0.0800. The number of rotatable bonds is 6. The van der Waals surface area contributed by atoms with E-state index >= 15 is 0 Å². The molecule has 1 saturated carbocycles. The molecule has 1 aliphatic rings. The normalized spacial score (nSPS) is 25.7. The van der Waals surface area contributed by atoms with Crippen molar-refractivity contribution in [2.75, 3.05) is 20.6 Å². The Balaban J connectivity index is 2.48. The summed E-state index contributed by atoms with van der Waals surface area (Å²) in [6.45, 7) is 10.7. The first-order valence-corrected chi connectivity index (χ1v) is 7.69. The van der Waals surface area contributed by atoms with Crippen LogP contribution in [0.3, 0.4) is 0 Å². The molecule has 2 atom stereocenters. The maximum Gasteiger partial charge on any atom is 0.0199 e. The average molecular weight is 254 g/mol. The smallest absolute Gasteiger partial charge is 0.0199 e. The summed E-state index contributed by atoms with van der Waals surface area (Å²) in [6, 6.07) is 1.39. The van der Waals surface area contributed by atoms with Gasteiger partial charge in [0, 0.05) is 18.6 Å². The second kappa shape index (κ2) is 6.91. The van der Waals surface area contributed by atoms with Crippen molar-refractivity contribution in [1.29, 1.82) is 0 Å². The fraction of sp³-hybridized carbons (Fsp3) is 1.00. The third-order valence-electron chi connectivity index (χ3n) is 4.02. The van der Waals surface area contributed by atoms with E-state index < -0.39 is 0 Å². The highest BCUT2D eigenvalue weighted by Crippen LogP contribution is 2.35. The van der Waals surface area contributed by atoms with Crippen LogP contribution in [-0.2, 0) is 0 Å². The van der Waals surface area contributed by atoms with Gasteiger partial charge in [-0.05, 0) is 51.1 Å². The molecule has 0 amide bonds. The quantitative estimate of drug-likeness (QED) is 0.780. The van der Waals surface area contributed by atoms with Gasteiger partial charge in [-0.15, -0.1) is 0 Å². The van der Waals surface area contributed by atoms with Gasteiger partial charge in [-0.25, -0.2) is 0 Å². The molecule has 18 heavy (non-hydrogen) atoms. The number of likely N-dealkylation sites (N-methyl/N-ethyl adjacent to an activating group) is 1. The second-order valence-corrected chi connectivity index (χ2v) is 7.71. The van der Waals surface area contributed by atoms with Gasteiger partial charge in [0.1, 0.15) is 0 Å². The zero-order valence-electron chi connectivity index (χ0n) is 13.4.